The average molecular weight is 143 g/mol. The molecule has 1 rings (SSSR count). The van der Waals surface area contributed by atoms with Crippen molar-refractivity contribution in [2.45, 2.75) is 5.25 Å². The summed E-state index contributed by atoms with van der Waals surface area (Å²) in [5.74, 6) is -0.840. The summed E-state index contributed by atoms with van der Waals surface area (Å²) in [6.07, 6.45) is 4.80. The van der Waals surface area contributed by atoms with E-state index in [9.17, 15) is 4.79 Å². The normalized spacial score (nSPS) is 24.2. The molecule has 0 radical (unpaired) electrons. The largest absolute Gasteiger partial charge is 0.480 e. The SMILES string of the molecule is O=C(O)C1C=CC=NS1. The molecule has 48 valence electrons. The van der Waals surface area contributed by atoms with Gasteiger partial charge in [-0.1, -0.05) is 6.08 Å². The van der Waals surface area contributed by atoms with Gasteiger partial charge in [-0.2, -0.15) is 0 Å². The Morgan fingerprint density at radius 2 is 2.56 bits per heavy atom. The summed E-state index contributed by atoms with van der Waals surface area (Å²) in [5, 5.41) is 7.90. The van der Waals surface area contributed by atoms with E-state index in [0.717, 1.165) is 11.9 Å². The quantitative estimate of drug-likeness (QED) is 0.550. The zero-order chi connectivity index (χ0) is 6.69. The van der Waals surface area contributed by atoms with Crippen molar-refractivity contribution < 1.29 is 9.90 Å². The fourth-order valence-corrected chi connectivity index (χ4v) is 0.972. The fraction of sp³-hybridized carbons (Fsp3) is 0.200. The number of hydrogen-bond acceptors (Lipinski definition) is 3. The van der Waals surface area contributed by atoms with E-state index in [4.69, 9.17) is 5.11 Å². The molecule has 0 amide bonds. The molecule has 1 aliphatic heterocycles. The second-order valence-electron chi connectivity index (χ2n) is 1.50. The van der Waals surface area contributed by atoms with Gasteiger partial charge in [0.2, 0.25) is 0 Å². The van der Waals surface area contributed by atoms with Crippen LogP contribution >= 0.6 is 11.9 Å². The molecule has 1 aliphatic rings. The highest BCUT2D eigenvalue weighted by Gasteiger charge is 2.14. The third-order valence-corrected chi connectivity index (χ3v) is 1.68. The van der Waals surface area contributed by atoms with Crippen molar-refractivity contribution >= 4 is 24.1 Å². The molecule has 4 heteroatoms. The van der Waals surface area contributed by atoms with Crippen molar-refractivity contribution in [1.82, 2.24) is 0 Å². The summed E-state index contributed by atoms with van der Waals surface area (Å²) in [4.78, 5) is 10.2. The lowest BCUT2D eigenvalue weighted by Crippen LogP contribution is -2.13. The van der Waals surface area contributed by atoms with Gasteiger partial charge in [0.1, 0.15) is 5.25 Å². The van der Waals surface area contributed by atoms with E-state index in [1.807, 2.05) is 0 Å². The van der Waals surface area contributed by atoms with Crippen molar-refractivity contribution in [3.05, 3.63) is 12.2 Å². The second-order valence-corrected chi connectivity index (χ2v) is 2.43. The van der Waals surface area contributed by atoms with Crippen molar-refractivity contribution in [2.75, 3.05) is 0 Å². The highest BCUT2D eigenvalue weighted by atomic mass is 32.2. The van der Waals surface area contributed by atoms with Crippen LogP contribution in [0.3, 0.4) is 0 Å². The summed E-state index contributed by atoms with van der Waals surface area (Å²) < 4.78 is 3.70. The Bertz CT molecular complexity index is 176. The van der Waals surface area contributed by atoms with Gasteiger partial charge in [-0.25, -0.2) is 4.40 Å². The number of aliphatic carboxylic acids is 1. The summed E-state index contributed by atoms with van der Waals surface area (Å²) in [6.45, 7) is 0. The van der Waals surface area contributed by atoms with Gasteiger partial charge in [0.05, 0.1) is 0 Å². The molecule has 0 aromatic heterocycles. The van der Waals surface area contributed by atoms with Gasteiger partial charge in [0.25, 0.3) is 0 Å². The first kappa shape index (κ1) is 6.35. The molecule has 9 heavy (non-hydrogen) atoms. The van der Waals surface area contributed by atoms with Crippen LogP contribution in [0.25, 0.3) is 0 Å². The standard InChI is InChI=1S/C5H5NO2S/c7-5(8)4-2-1-3-6-9-4/h1-4H,(H,7,8). The molecule has 0 bridgehead atoms. The van der Waals surface area contributed by atoms with E-state index < -0.39 is 11.2 Å². The maximum atomic E-state index is 10.2. The third kappa shape index (κ3) is 1.57. The van der Waals surface area contributed by atoms with Gasteiger partial charge in [-0.3, -0.25) is 4.79 Å². The Balaban J connectivity index is 2.56. The molecule has 1 N–H and O–H groups in total. The van der Waals surface area contributed by atoms with Gasteiger partial charge in [-0.05, 0) is 18.0 Å². The molecule has 3 nitrogen and oxygen atoms in total. The molecule has 0 aromatic carbocycles. The summed E-state index contributed by atoms with van der Waals surface area (Å²) >= 11 is 1.05. The first-order valence-corrected chi connectivity index (χ1v) is 3.23. The van der Waals surface area contributed by atoms with Crippen LogP contribution in [0.4, 0.5) is 0 Å². The predicted octanol–water partition coefficient (Wildman–Crippen LogP) is 0.728. The van der Waals surface area contributed by atoms with Crippen LogP contribution in [0.2, 0.25) is 0 Å². The van der Waals surface area contributed by atoms with Crippen LogP contribution < -0.4 is 0 Å². The number of carboxylic acid groups (broad SMARTS) is 1. The predicted molar refractivity (Wildman–Crippen MR) is 36.6 cm³/mol. The summed E-state index contributed by atoms with van der Waals surface area (Å²) in [5.41, 5.74) is 0. The lowest BCUT2D eigenvalue weighted by molar-refractivity contribution is -0.135. The molecule has 1 heterocycles. The zero-order valence-corrected chi connectivity index (χ0v) is 5.34. The number of hydrogen-bond donors (Lipinski definition) is 1. The minimum absolute atomic E-state index is 0.491. The molecule has 0 saturated carbocycles. The van der Waals surface area contributed by atoms with Crippen molar-refractivity contribution in [2.24, 2.45) is 4.40 Å². The third-order valence-electron chi connectivity index (χ3n) is 0.851. The number of nitrogens with zero attached hydrogens (tertiary/aromatic N) is 1. The Kier molecular flexibility index (Phi) is 1.89. The van der Waals surface area contributed by atoms with Crippen LogP contribution in [0, 0.1) is 0 Å². The van der Waals surface area contributed by atoms with Crippen molar-refractivity contribution in [1.29, 1.82) is 0 Å². The molecule has 0 spiro atoms. The van der Waals surface area contributed by atoms with E-state index in [-0.39, 0.29) is 0 Å². The fourth-order valence-electron chi connectivity index (χ4n) is 0.449. The molecular weight excluding hydrogens is 138 g/mol. The van der Waals surface area contributed by atoms with Crippen LogP contribution in [0.15, 0.2) is 16.5 Å². The molecule has 0 saturated heterocycles. The highest BCUT2D eigenvalue weighted by molar-refractivity contribution is 7.99. The lowest BCUT2D eigenvalue weighted by Gasteiger charge is -2.03. The zero-order valence-electron chi connectivity index (χ0n) is 4.52. The van der Waals surface area contributed by atoms with Crippen molar-refractivity contribution in [3.63, 3.8) is 0 Å². The van der Waals surface area contributed by atoms with Gasteiger partial charge in [-0.15, -0.1) is 0 Å². The van der Waals surface area contributed by atoms with Gasteiger partial charge in [0, 0.05) is 6.21 Å². The summed E-state index contributed by atoms with van der Waals surface area (Å²) in [6, 6.07) is 0. The van der Waals surface area contributed by atoms with E-state index >= 15 is 0 Å². The first-order valence-electron chi connectivity index (χ1n) is 2.39. The van der Waals surface area contributed by atoms with E-state index in [0.29, 0.717) is 0 Å². The molecule has 0 fully saturated rings. The molecule has 0 aromatic rings. The molecule has 0 aliphatic carbocycles. The van der Waals surface area contributed by atoms with E-state index in [2.05, 4.69) is 4.40 Å². The van der Waals surface area contributed by atoms with Gasteiger partial charge >= 0.3 is 5.97 Å². The Labute approximate surface area is 56.6 Å². The molecule has 1 atom stereocenters. The molecule has 1 unspecified atom stereocenters. The smallest absolute Gasteiger partial charge is 0.322 e. The monoisotopic (exact) mass is 143 g/mol. The van der Waals surface area contributed by atoms with Crippen LogP contribution in [0.5, 0.6) is 0 Å². The average Bonchev–Trinajstić information content (AvgIpc) is 1.90. The number of carboxylic acids is 1. The van der Waals surface area contributed by atoms with Crippen molar-refractivity contribution in [3.8, 4) is 0 Å². The minimum atomic E-state index is -0.840. The van der Waals surface area contributed by atoms with E-state index in [1.165, 1.54) is 0 Å². The lowest BCUT2D eigenvalue weighted by atomic mass is 10.4. The van der Waals surface area contributed by atoms with Crippen LogP contribution in [-0.2, 0) is 4.79 Å². The number of allylic oxidation sites excluding steroid dienone is 1. The highest BCUT2D eigenvalue weighted by Crippen LogP contribution is 2.15. The maximum Gasteiger partial charge on any atom is 0.322 e. The van der Waals surface area contributed by atoms with Gasteiger partial charge in [0.15, 0.2) is 0 Å². The van der Waals surface area contributed by atoms with Crippen LogP contribution in [-0.4, -0.2) is 22.5 Å². The number of rotatable bonds is 1. The molecular formula is C5H5NO2S. The topological polar surface area (TPSA) is 49.7 Å². The second kappa shape index (κ2) is 2.68. The Morgan fingerprint density at radius 1 is 1.78 bits per heavy atom. The summed E-state index contributed by atoms with van der Waals surface area (Å²) in [7, 11) is 0. The first-order chi connectivity index (χ1) is 4.30. The van der Waals surface area contributed by atoms with Gasteiger partial charge < -0.3 is 5.11 Å². The minimum Gasteiger partial charge on any atom is -0.480 e. The number of carbonyl (C=O) groups is 1. The van der Waals surface area contributed by atoms with Crippen LogP contribution in [0.1, 0.15) is 0 Å². The Hall–Kier alpha value is -0.770. The van der Waals surface area contributed by atoms with E-state index in [1.54, 1.807) is 18.4 Å². The maximum absolute atomic E-state index is 10.2. The Morgan fingerprint density at radius 3 is 2.89 bits per heavy atom.